The minimum atomic E-state index is -0.233. The van der Waals surface area contributed by atoms with Crippen LogP contribution in [0, 0.1) is 6.92 Å². The fourth-order valence-corrected chi connectivity index (χ4v) is 3.30. The standard InChI is InChI=1S/C23H30N2O4/c1-15(2)19-9-7-8-16(3)22(19)25(17(4)26)13-12-24-23(27)18-10-11-20(28-5)21(14-18)29-6/h7-11,14-15H,12-13H2,1-6H3,(H,24,27). The Bertz CT molecular complexity index is 877. The van der Waals surface area contributed by atoms with E-state index in [0.717, 1.165) is 16.8 Å². The van der Waals surface area contributed by atoms with Crippen LogP contribution in [0.4, 0.5) is 5.69 Å². The smallest absolute Gasteiger partial charge is 0.251 e. The Balaban J connectivity index is 2.13. The number of carbonyl (C=O) groups is 2. The molecule has 156 valence electrons. The van der Waals surface area contributed by atoms with Gasteiger partial charge in [-0.05, 0) is 42.2 Å². The molecule has 6 nitrogen and oxygen atoms in total. The number of aryl methyl sites for hydroxylation is 1. The Labute approximate surface area is 172 Å². The van der Waals surface area contributed by atoms with Crippen LogP contribution in [-0.2, 0) is 4.79 Å². The number of rotatable bonds is 8. The zero-order chi connectivity index (χ0) is 21.6. The number of nitrogens with one attached hydrogen (secondary N) is 1. The van der Waals surface area contributed by atoms with Crippen LogP contribution in [0.15, 0.2) is 36.4 Å². The molecule has 0 heterocycles. The van der Waals surface area contributed by atoms with Crippen molar-refractivity contribution in [2.75, 3.05) is 32.2 Å². The maximum atomic E-state index is 12.5. The average Bonchev–Trinajstić information content (AvgIpc) is 2.70. The minimum Gasteiger partial charge on any atom is -0.493 e. The van der Waals surface area contributed by atoms with Crippen molar-refractivity contribution in [2.24, 2.45) is 0 Å². The number of anilines is 1. The molecule has 2 aromatic carbocycles. The van der Waals surface area contributed by atoms with Gasteiger partial charge in [0.2, 0.25) is 5.91 Å². The molecule has 2 rings (SSSR count). The number of methoxy groups -OCH3 is 2. The summed E-state index contributed by atoms with van der Waals surface area (Å²) in [6.07, 6.45) is 0. The first-order valence-electron chi connectivity index (χ1n) is 9.68. The predicted molar refractivity (Wildman–Crippen MR) is 115 cm³/mol. The number of nitrogens with zero attached hydrogens (tertiary/aromatic N) is 1. The number of benzene rings is 2. The molecule has 0 unspecified atom stereocenters. The average molecular weight is 399 g/mol. The van der Waals surface area contributed by atoms with Gasteiger partial charge in [0.15, 0.2) is 11.5 Å². The number of amides is 2. The molecule has 29 heavy (non-hydrogen) atoms. The lowest BCUT2D eigenvalue weighted by atomic mass is 9.97. The first-order chi connectivity index (χ1) is 13.8. The molecule has 2 amide bonds. The molecule has 0 atom stereocenters. The summed E-state index contributed by atoms with van der Waals surface area (Å²) in [6.45, 7) is 8.48. The van der Waals surface area contributed by atoms with Crippen LogP contribution in [-0.4, -0.2) is 39.1 Å². The Morgan fingerprint density at radius 3 is 2.34 bits per heavy atom. The van der Waals surface area contributed by atoms with Crippen molar-refractivity contribution >= 4 is 17.5 Å². The van der Waals surface area contributed by atoms with Crippen molar-refractivity contribution in [2.45, 2.75) is 33.6 Å². The quantitative estimate of drug-likeness (QED) is 0.732. The second kappa shape index (κ2) is 9.96. The van der Waals surface area contributed by atoms with Crippen molar-refractivity contribution in [3.63, 3.8) is 0 Å². The molecular formula is C23H30N2O4. The number of carbonyl (C=O) groups excluding carboxylic acids is 2. The second-order valence-electron chi connectivity index (χ2n) is 7.16. The van der Waals surface area contributed by atoms with Gasteiger partial charge in [-0.1, -0.05) is 32.0 Å². The summed E-state index contributed by atoms with van der Waals surface area (Å²) >= 11 is 0. The van der Waals surface area contributed by atoms with Crippen LogP contribution in [0.25, 0.3) is 0 Å². The highest BCUT2D eigenvalue weighted by atomic mass is 16.5. The third kappa shape index (κ3) is 5.28. The van der Waals surface area contributed by atoms with Crippen LogP contribution in [0.5, 0.6) is 11.5 Å². The molecule has 1 N–H and O–H groups in total. The summed E-state index contributed by atoms with van der Waals surface area (Å²) < 4.78 is 10.4. The van der Waals surface area contributed by atoms with Crippen LogP contribution in [0.1, 0.15) is 48.2 Å². The van der Waals surface area contributed by atoms with E-state index in [1.807, 2.05) is 25.1 Å². The molecule has 0 spiro atoms. The first kappa shape index (κ1) is 22.3. The summed E-state index contributed by atoms with van der Waals surface area (Å²) in [6, 6.07) is 11.1. The largest absolute Gasteiger partial charge is 0.493 e. The Hall–Kier alpha value is -3.02. The van der Waals surface area contributed by atoms with Gasteiger partial charge in [-0.2, -0.15) is 0 Å². The Morgan fingerprint density at radius 2 is 1.76 bits per heavy atom. The highest BCUT2D eigenvalue weighted by Crippen LogP contribution is 2.31. The van der Waals surface area contributed by atoms with Crippen molar-refractivity contribution in [3.05, 3.63) is 53.1 Å². The summed E-state index contributed by atoms with van der Waals surface area (Å²) in [5, 5.41) is 2.88. The molecular weight excluding hydrogens is 368 g/mol. The van der Waals surface area contributed by atoms with E-state index in [1.165, 1.54) is 7.11 Å². The van der Waals surface area contributed by atoms with Gasteiger partial charge in [0.1, 0.15) is 0 Å². The molecule has 0 aliphatic rings. The molecule has 0 aliphatic heterocycles. The normalized spacial score (nSPS) is 10.6. The number of ether oxygens (including phenoxy) is 2. The van der Waals surface area contributed by atoms with E-state index in [9.17, 15) is 9.59 Å². The van der Waals surface area contributed by atoms with Crippen molar-refractivity contribution in [3.8, 4) is 11.5 Å². The van der Waals surface area contributed by atoms with E-state index in [0.29, 0.717) is 30.2 Å². The summed E-state index contributed by atoms with van der Waals surface area (Å²) in [4.78, 5) is 26.6. The lowest BCUT2D eigenvalue weighted by molar-refractivity contribution is -0.116. The van der Waals surface area contributed by atoms with E-state index >= 15 is 0 Å². The molecule has 0 radical (unpaired) electrons. The minimum absolute atomic E-state index is 0.0541. The molecule has 0 saturated carbocycles. The van der Waals surface area contributed by atoms with E-state index in [-0.39, 0.29) is 17.7 Å². The Morgan fingerprint density at radius 1 is 1.07 bits per heavy atom. The van der Waals surface area contributed by atoms with Crippen molar-refractivity contribution in [1.29, 1.82) is 0 Å². The van der Waals surface area contributed by atoms with Crippen LogP contribution >= 0.6 is 0 Å². The van der Waals surface area contributed by atoms with Crippen LogP contribution < -0.4 is 19.7 Å². The van der Waals surface area contributed by atoms with Gasteiger partial charge in [-0.15, -0.1) is 0 Å². The maximum absolute atomic E-state index is 12.5. The second-order valence-corrected chi connectivity index (χ2v) is 7.16. The summed E-state index contributed by atoms with van der Waals surface area (Å²) in [5.74, 6) is 1.05. The van der Waals surface area contributed by atoms with Gasteiger partial charge in [0.05, 0.1) is 19.9 Å². The summed E-state index contributed by atoms with van der Waals surface area (Å²) in [7, 11) is 3.07. The molecule has 0 aliphatic carbocycles. The van der Waals surface area contributed by atoms with Crippen molar-refractivity contribution < 1.29 is 19.1 Å². The molecule has 0 fully saturated rings. The molecule has 2 aromatic rings. The highest BCUT2D eigenvalue weighted by molar-refractivity contribution is 5.95. The fraction of sp³-hybridized carbons (Fsp3) is 0.391. The molecule has 0 saturated heterocycles. The van der Waals surface area contributed by atoms with E-state index in [4.69, 9.17) is 9.47 Å². The number of para-hydroxylation sites is 1. The van der Waals surface area contributed by atoms with E-state index in [2.05, 4.69) is 19.2 Å². The highest BCUT2D eigenvalue weighted by Gasteiger charge is 2.19. The van der Waals surface area contributed by atoms with Crippen molar-refractivity contribution in [1.82, 2.24) is 5.32 Å². The number of hydrogen-bond acceptors (Lipinski definition) is 4. The lowest BCUT2D eigenvalue weighted by Gasteiger charge is -2.27. The fourth-order valence-electron chi connectivity index (χ4n) is 3.30. The van der Waals surface area contributed by atoms with E-state index in [1.54, 1.807) is 37.1 Å². The predicted octanol–water partition coefficient (Wildman–Crippen LogP) is 3.92. The summed E-state index contributed by atoms with van der Waals surface area (Å²) in [5.41, 5.74) is 3.55. The zero-order valence-electron chi connectivity index (χ0n) is 18.0. The topological polar surface area (TPSA) is 67.9 Å². The van der Waals surface area contributed by atoms with Gasteiger partial charge < -0.3 is 19.7 Å². The SMILES string of the molecule is COc1ccc(C(=O)NCCN(C(C)=O)c2c(C)cccc2C(C)C)cc1OC. The molecule has 6 heteroatoms. The zero-order valence-corrected chi connectivity index (χ0v) is 18.0. The molecule has 0 bridgehead atoms. The van der Waals surface area contributed by atoms with Crippen LogP contribution in [0.2, 0.25) is 0 Å². The molecule has 0 aromatic heterocycles. The third-order valence-corrected chi connectivity index (χ3v) is 4.81. The van der Waals surface area contributed by atoms with Gasteiger partial charge in [0, 0.05) is 25.6 Å². The first-order valence-corrected chi connectivity index (χ1v) is 9.68. The van der Waals surface area contributed by atoms with Gasteiger partial charge in [-0.3, -0.25) is 9.59 Å². The third-order valence-electron chi connectivity index (χ3n) is 4.81. The Kier molecular flexibility index (Phi) is 7.65. The van der Waals surface area contributed by atoms with E-state index < -0.39 is 0 Å². The van der Waals surface area contributed by atoms with Gasteiger partial charge >= 0.3 is 0 Å². The maximum Gasteiger partial charge on any atom is 0.251 e. The van der Waals surface area contributed by atoms with Crippen LogP contribution in [0.3, 0.4) is 0 Å². The van der Waals surface area contributed by atoms with Gasteiger partial charge in [0.25, 0.3) is 5.91 Å². The number of hydrogen-bond donors (Lipinski definition) is 1. The lowest BCUT2D eigenvalue weighted by Crippen LogP contribution is -2.38. The monoisotopic (exact) mass is 398 g/mol. The van der Waals surface area contributed by atoms with Gasteiger partial charge in [-0.25, -0.2) is 0 Å².